The second-order valence-corrected chi connectivity index (χ2v) is 5.31. The SMILES string of the molecule is Cc1cccc([C@H](C)NC2CCC(O)CC2)c1. The van der Waals surface area contributed by atoms with Gasteiger partial charge in [-0.15, -0.1) is 0 Å². The van der Waals surface area contributed by atoms with Gasteiger partial charge in [0.05, 0.1) is 6.10 Å². The van der Waals surface area contributed by atoms with E-state index in [-0.39, 0.29) is 6.10 Å². The largest absolute Gasteiger partial charge is 0.393 e. The van der Waals surface area contributed by atoms with E-state index in [1.54, 1.807) is 0 Å². The molecule has 1 aromatic rings. The summed E-state index contributed by atoms with van der Waals surface area (Å²) < 4.78 is 0. The van der Waals surface area contributed by atoms with E-state index in [1.165, 1.54) is 11.1 Å². The molecule has 17 heavy (non-hydrogen) atoms. The van der Waals surface area contributed by atoms with Gasteiger partial charge in [0.15, 0.2) is 0 Å². The minimum Gasteiger partial charge on any atom is -0.393 e. The van der Waals surface area contributed by atoms with Gasteiger partial charge in [0, 0.05) is 12.1 Å². The molecular formula is C15H23NO. The van der Waals surface area contributed by atoms with Gasteiger partial charge in [0.2, 0.25) is 0 Å². The molecule has 0 aliphatic heterocycles. The number of aliphatic hydroxyl groups excluding tert-OH is 1. The number of hydrogen-bond donors (Lipinski definition) is 2. The first-order chi connectivity index (χ1) is 8.15. The maximum absolute atomic E-state index is 9.49. The molecule has 1 aliphatic carbocycles. The van der Waals surface area contributed by atoms with Crippen molar-refractivity contribution in [1.29, 1.82) is 0 Å². The number of aryl methyl sites for hydroxylation is 1. The van der Waals surface area contributed by atoms with Crippen LogP contribution in [0, 0.1) is 6.92 Å². The summed E-state index contributed by atoms with van der Waals surface area (Å²) in [6.45, 7) is 4.35. The molecule has 0 saturated heterocycles. The Morgan fingerprint density at radius 1 is 1.24 bits per heavy atom. The lowest BCUT2D eigenvalue weighted by molar-refractivity contribution is 0.114. The summed E-state index contributed by atoms with van der Waals surface area (Å²) in [6.07, 6.45) is 4.01. The number of nitrogens with one attached hydrogen (secondary N) is 1. The van der Waals surface area contributed by atoms with Gasteiger partial charge in [0.25, 0.3) is 0 Å². The first kappa shape index (κ1) is 12.6. The molecule has 1 aliphatic rings. The summed E-state index contributed by atoms with van der Waals surface area (Å²) in [5.41, 5.74) is 2.67. The van der Waals surface area contributed by atoms with Gasteiger partial charge in [-0.05, 0) is 45.1 Å². The van der Waals surface area contributed by atoms with E-state index in [4.69, 9.17) is 0 Å². The van der Waals surface area contributed by atoms with Crippen LogP contribution in [0.3, 0.4) is 0 Å². The quantitative estimate of drug-likeness (QED) is 0.841. The summed E-state index contributed by atoms with van der Waals surface area (Å²) in [5, 5.41) is 13.2. The second-order valence-electron chi connectivity index (χ2n) is 5.31. The van der Waals surface area contributed by atoms with Crippen LogP contribution in [0.1, 0.15) is 49.8 Å². The van der Waals surface area contributed by atoms with E-state index in [0.29, 0.717) is 12.1 Å². The predicted molar refractivity (Wildman–Crippen MR) is 71.0 cm³/mol. The summed E-state index contributed by atoms with van der Waals surface area (Å²) >= 11 is 0. The van der Waals surface area contributed by atoms with E-state index in [9.17, 15) is 5.11 Å². The molecule has 0 bridgehead atoms. The van der Waals surface area contributed by atoms with Crippen LogP contribution in [0.25, 0.3) is 0 Å². The Balaban J connectivity index is 1.90. The highest BCUT2D eigenvalue weighted by Gasteiger charge is 2.20. The summed E-state index contributed by atoms with van der Waals surface area (Å²) in [5.74, 6) is 0. The Hall–Kier alpha value is -0.860. The molecule has 2 N–H and O–H groups in total. The zero-order valence-corrected chi connectivity index (χ0v) is 10.8. The van der Waals surface area contributed by atoms with Crippen molar-refractivity contribution in [3.63, 3.8) is 0 Å². The third kappa shape index (κ3) is 3.55. The number of benzene rings is 1. The van der Waals surface area contributed by atoms with E-state index < -0.39 is 0 Å². The molecule has 1 atom stereocenters. The topological polar surface area (TPSA) is 32.3 Å². The standard InChI is InChI=1S/C15H23NO/c1-11-4-3-5-13(10-11)12(2)16-14-6-8-15(17)9-7-14/h3-5,10,12,14-17H,6-9H2,1-2H3/t12-,14?,15?/m0/s1. The number of rotatable bonds is 3. The maximum atomic E-state index is 9.49. The van der Waals surface area contributed by atoms with Crippen molar-refractivity contribution in [2.24, 2.45) is 0 Å². The van der Waals surface area contributed by atoms with Crippen LogP contribution < -0.4 is 5.32 Å². The summed E-state index contributed by atoms with van der Waals surface area (Å²) in [4.78, 5) is 0. The molecule has 94 valence electrons. The van der Waals surface area contributed by atoms with E-state index in [2.05, 4.69) is 43.4 Å². The minimum absolute atomic E-state index is 0.0673. The van der Waals surface area contributed by atoms with Crippen LogP contribution >= 0.6 is 0 Å². The average Bonchev–Trinajstić information content (AvgIpc) is 2.32. The van der Waals surface area contributed by atoms with Gasteiger partial charge in [-0.25, -0.2) is 0 Å². The lowest BCUT2D eigenvalue weighted by Gasteiger charge is -2.29. The van der Waals surface area contributed by atoms with Crippen molar-refractivity contribution in [1.82, 2.24) is 5.32 Å². The first-order valence-electron chi connectivity index (χ1n) is 6.66. The lowest BCUT2D eigenvalue weighted by atomic mass is 9.92. The fraction of sp³-hybridized carbons (Fsp3) is 0.600. The third-order valence-corrected chi connectivity index (χ3v) is 3.72. The molecule has 2 rings (SSSR count). The molecule has 0 spiro atoms. The highest BCUT2D eigenvalue weighted by Crippen LogP contribution is 2.22. The van der Waals surface area contributed by atoms with Gasteiger partial charge in [-0.1, -0.05) is 29.8 Å². The smallest absolute Gasteiger partial charge is 0.0541 e. The van der Waals surface area contributed by atoms with Gasteiger partial charge < -0.3 is 10.4 Å². The molecule has 0 aromatic heterocycles. The van der Waals surface area contributed by atoms with Crippen LogP contribution in [-0.2, 0) is 0 Å². The summed E-state index contributed by atoms with van der Waals surface area (Å²) in [6, 6.07) is 9.64. The fourth-order valence-electron chi connectivity index (χ4n) is 2.63. The minimum atomic E-state index is -0.0673. The Kier molecular flexibility index (Phi) is 4.19. The Morgan fingerprint density at radius 3 is 2.59 bits per heavy atom. The van der Waals surface area contributed by atoms with Gasteiger partial charge >= 0.3 is 0 Å². The van der Waals surface area contributed by atoms with Crippen molar-refractivity contribution in [2.75, 3.05) is 0 Å². The predicted octanol–water partition coefficient (Wildman–Crippen LogP) is 2.95. The molecule has 0 amide bonds. The molecule has 1 saturated carbocycles. The Bertz CT molecular complexity index is 356. The number of hydrogen-bond acceptors (Lipinski definition) is 2. The van der Waals surface area contributed by atoms with Crippen LogP contribution in [-0.4, -0.2) is 17.3 Å². The lowest BCUT2D eigenvalue weighted by Crippen LogP contribution is -2.36. The highest BCUT2D eigenvalue weighted by molar-refractivity contribution is 5.24. The second kappa shape index (κ2) is 5.65. The van der Waals surface area contributed by atoms with Gasteiger partial charge in [-0.3, -0.25) is 0 Å². The maximum Gasteiger partial charge on any atom is 0.0541 e. The van der Waals surface area contributed by atoms with Crippen molar-refractivity contribution < 1.29 is 5.11 Å². The van der Waals surface area contributed by atoms with Crippen LogP contribution in [0.4, 0.5) is 0 Å². The van der Waals surface area contributed by atoms with E-state index >= 15 is 0 Å². The normalized spacial score (nSPS) is 26.8. The zero-order valence-electron chi connectivity index (χ0n) is 10.8. The monoisotopic (exact) mass is 233 g/mol. The van der Waals surface area contributed by atoms with Crippen LogP contribution in [0.2, 0.25) is 0 Å². The molecular weight excluding hydrogens is 210 g/mol. The highest BCUT2D eigenvalue weighted by atomic mass is 16.3. The molecule has 1 fully saturated rings. The molecule has 0 unspecified atom stereocenters. The fourth-order valence-corrected chi connectivity index (χ4v) is 2.63. The van der Waals surface area contributed by atoms with Gasteiger partial charge in [0.1, 0.15) is 0 Å². The Labute approximate surface area is 104 Å². The van der Waals surface area contributed by atoms with Crippen molar-refractivity contribution in [2.45, 2.75) is 57.7 Å². The van der Waals surface area contributed by atoms with Crippen molar-refractivity contribution in [3.8, 4) is 0 Å². The molecule has 1 aromatic carbocycles. The third-order valence-electron chi connectivity index (χ3n) is 3.72. The molecule has 0 heterocycles. The summed E-state index contributed by atoms with van der Waals surface area (Å²) in [7, 11) is 0. The molecule has 0 radical (unpaired) electrons. The zero-order chi connectivity index (χ0) is 12.3. The molecule has 2 nitrogen and oxygen atoms in total. The van der Waals surface area contributed by atoms with Gasteiger partial charge in [-0.2, -0.15) is 0 Å². The first-order valence-corrected chi connectivity index (χ1v) is 6.66. The van der Waals surface area contributed by atoms with Crippen molar-refractivity contribution in [3.05, 3.63) is 35.4 Å². The van der Waals surface area contributed by atoms with E-state index in [1.807, 2.05) is 0 Å². The van der Waals surface area contributed by atoms with Crippen molar-refractivity contribution >= 4 is 0 Å². The van der Waals surface area contributed by atoms with Crippen LogP contribution in [0.15, 0.2) is 24.3 Å². The van der Waals surface area contributed by atoms with E-state index in [0.717, 1.165) is 25.7 Å². The van der Waals surface area contributed by atoms with Crippen LogP contribution in [0.5, 0.6) is 0 Å². The average molecular weight is 233 g/mol. The molecule has 2 heteroatoms. The Morgan fingerprint density at radius 2 is 1.94 bits per heavy atom. The number of aliphatic hydroxyl groups is 1.